The number of Topliss-reactive ketones (excluding diaryl/α,β-unsaturated/α-hetero) is 1. The molecule has 3 nitrogen and oxygen atoms in total. The summed E-state index contributed by atoms with van der Waals surface area (Å²) in [5.74, 6) is 0.829. The summed E-state index contributed by atoms with van der Waals surface area (Å²) in [5, 5.41) is 5.92. The summed E-state index contributed by atoms with van der Waals surface area (Å²) in [6.45, 7) is 2.87. The topological polar surface area (TPSA) is 38.3 Å². The van der Waals surface area contributed by atoms with Crippen molar-refractivity contribution in [2.24, 2.45) is 0 Å². The maximum atomic E-state index is 13.9. The second-order valence-corrected chi connectivity index (χ2v) is 10.0. The highest BCUT2D eigenvalue weighted by Gasteiger charge is 2.38. The number of anilines is 1. The number of unbranched alkanes of at least 4 members (excludes halogenated alkanes) is 1. The monoisotopic (exact) mass is 491 g/mol. The molecule has 0 bridgehead atoms. The van der Waals surface area contributed by atoms with Crippen molar-refractivity contribution >= 4 is 27.8 Å². The number of ketones is 1. The largest absolute Gasteiger partial charge is 0.494 e. The standard InChI is InChI=1S/C33H30FNO2/c1-2-3-18-37-26-15-10-21(11-16-26)24-19-28-31-27-7-5-4-6-22(27)12-17-29(31)35-33(32(28)30(36)20-24)23-8-13-25(34)14-9-23/h4-17,24,33,35H,2-3,18-20H2,1H3/t24-,33+/m1/s1. The minimum absolute atomic E-state index is 0.0923. The third kappa shape index (κ3) is 4.42. The van der Waals surface area contributed by atoms with Gasteiger partial charge >= 0.3 is 0 Å². The van der Waals surface area contributed by atoms with E-state index in [2.05, 4.69) is 48.6 Å². The van der Waals surface area contributed by atoms with E-state index >= 15 is 0 Å². The maximum absolute atomic E-state index is 13.9. The molecule has 186 valence electrons. The lowest BCUT2D eigenvalue weighted by Gasteiger charge is -2.37. The van der Waals surface area contributed by atoms with Gasteiger partial charge in [-0.2, -0.15) is 0 Å². The average molecular weight is 492 g/mol. The molecule has 0 amide bonds. The molecule has 0 fully saturated rings. The van der Waals surface area contributed by atoms with Gasteiger partial charge in [0.1, 0.15) is 11.6 Å². The number of hydrogen-bond donors (Lipinski definition) is 1. The van der Waals surface area contributed by atoms with Crippen LogP contribution in [0.3, 0.4) is 0 Å². The molecule has 0 saturated carbocycles. The summed E-state index contributed by atoms with van der Waals surface area (Å²) in [5.41, 5.74) is 6.09. The smallest absolute Gasteiger partial charge is 0.162 e. The first kappa shape index (κ1) is 23.5. The van der Waals surface area contributed by atoms with Gasteiger partial charge < -0.3 is 10.1 Å². The SMILES string of the molecule is CCCCOc1ccc([C@H]2CC(=O)C3=C(C2)c2c(ccc4ccccc24)N[C@H]3c2ccc(F)cc2)cc1. The summed E-state index contributed by atoms with van der Waals surface area (Å²) < 4.78 is 19.6. The zero-order valence-corrected chi connectivity index (χ0v) is 21.0. The Morgan fingerprint density at radius 2 is 1.65 bits per heavy atom. The Bertz CT molecular complexity index is 1490. The number of allylic oxidation sites excluding steroid dienone is 1. The van der Waals surface area contributed by atoms with Crippen molar-refractivity contribution in [3.63, 3.8) is 0 Å². The number of carbonyl (C=O) groups is 1. The number of carbonyl (C=O) groups excluding carboxylic acids is 1. The molecule has 1 aliphatic heterocycles. The van der Waals surface area contributed by atoms with Crippen LogP contribution in [0.25, 0.3) is 16.3 Å². The van der Waals surface area contributed by atoms with Crippen LogP contribution in [0.15, 0.2) is 90.5 Å². The molecule has 4 aromatic rings. The van der Waals surface area contributed by atoms with E-state index in [1.165, 1.54) is 12.1 Å². The second-order valence-electron chi connectivity index (χ2n) is 10.0. The van der Waals surface area contributed by atoms with Gasteiger partial charge in [0.05, 0.1) is 12.6 Å². The van der Waals surface area contributed by atoms with Crippen molar-refractivity contribution in [2.75, 3.05) is 11.9 Å². The van der Waals surface area contributed by atoms with Crippen molar-refractivity contribution in [1.82, 2.24) is 0 Å². The fourth-order valence-corrected chi connectivity index (χ4v) is 5.76. The molecule has 0 saturated heterocycles. The summed E-state index contributed by atoms with van der Waals surface area (Å²) in [7, 11) is 0. The quantitative estimate of drug-likeness (QED) is 0.276. The molecule has 2 aliphatic rings. The molecule has 4 heteroatoms. The Morgan fingerprint density at radius 1 is 0.892 bits per heavy atom. The van der Waals surface area contributed by atoms with Gasteiger partial charge in [-0.15, -0.1) is 0 Å². The van der Waals surface area contributed by atoms with Crippen LogP contribution in [-0.2, 0) is 4.79 Å². The number of benzene rings is 4. The summed E-state index contributed by atoms with van der Waals surface area (Å²) in [6, 6.07) is 27.0. The summed E-state index contributed by atoms with van der Waals surface area (Å²) >= 11 is 0. The van der Waals surface area contributed by atoms with Crippen molar-refractivity contribution in [1.29, 1.82) is 0 Å². The van der Waals surface area contributed by atoms with Crippen LogP contribution in [0, 0.1) is 5.82 Å². The van der Waals surface area contributed by atoms with E-state index in [1.54, 1.807) is 12.1 Å². The summed E-state index contributed by atoms with van der Waals surface area (Å²) in [4.78, 5) is 13.9. The zero-order chi connectivity index (χ0) is 25.4. The highest BCUT2D eigenvalue weighted by molar-refractivity contribution is 6.13. The average Bonchev–Trinajstić information content (AvgIpc) is 2.93. The Kier molecular flexibility index (Phi) is 6.25. The number of ether oxygens (including phenoxy) is 1. The van der Waals surface area contributed by atoms with Crippen molar-refractivity contribution < 1.29 is 13.9 Å². The van der Waals surface area contributed by atoms with E-state index in [9.17, 15) is 9.18 Å². The first-order valence-electron chi connectivity index (χ1n) is 13.2. The fourth-order valence-electron chi connectivity index (χ4n) is 5.76. The molecule has 1 aliphatic carbocycles. The third-order valence-corrected chi connectivity index (χ3v) is 7.65. The van der Waals surface area contributed by atoms with Gasteiger partial charge in [0, 0.05) is 23.2 Å². The van der Waals surface area contributed by atoms with Crippen molar-refractivity contribution in [3.8, 4) is 5.75 Å². The fraction of sp³-hybridized carbons (Fsp3) is 0.242. The van der Waals surface area contributed by atoms with Crippen LogP contribution in [0.4, 0.5) is 10.1 Å². The van der Waals surface area contributed by atoms with Crippen LogP contribution < -0.4 is 10.1 Å². The highest BCUT2D eigenvalue weighted by Crippen LogP contribution is 2.51. The van der Waals surface area contributed by atoms with Crippen LogP contribution in [-0.4, -0.2) is 12.4 Å². The third-order valence-electron chi connectivity index (χ3n) is 7.65. The van der Waals surface area contributed by atoms with E-state index < -0.39 is 0 Å². The predicted octanol–water partition coefficient (Wildman–Crippen LogP) is 8.22. The molecular weight excluding hydrogens is 461 g/mol. The minimum atomic E-state index is -0.299. The molecule has 1 heterocycles. The number of fused-ring (bicyclic) bond motifs is 4. The Labute approximate surface area is 217 Å². The number of hydrogen-bond acceptors (Lipinski definition) is 3. The van der Waals surface area contributed by atoms with E-state index in [4.69, 9.17) is 4.74 Å². The lowest BCUT2D eigenvalue weighted by atomic mass is 9.71. The van der Waals surface area contributed by atoms with E-state index in [1.807, 2.05) is 24.3 Å². The molecule has 0 aromatic heterocycles. The molecule has 6 rings (SSSR count). The normalized spacial score (nSPS) is 18.8. The minimum Gasteiger partial charge on any atom is -0.494 e. The summed E-state index contributed by atoms with van der Waals surface area (Å²) in [6.07, 6.45) is 3.36. The molecule has 0 unspecified atom stereocenters. The van der Waals surface area contributed by atoms with Gasteiger partial charge in [0.25, 0.3) is 0 Å². The Hall–Kier alpha value is -3.92. The number of halogens is 1. The van der Waals surface area contributed by atoms with Gasteiger partial charge in [-0.1, -0.05) is 67.9 Å². The van der Waals surface area contributed by atoms with Crippen LogP contribution in [0.1, 0.15) is 61.3 Å². The van der Waals surface area contributed by atoms with Gasteiger partial charge in [0.2, 0.25) is 0 Å². The lowest BCUT2D eigenvalue weighted by Crippen LogP contribution is -2.29. The first-order chi connectivity index (χ1) is 18.1. The second kappa shape index (κ2) is 9.85. The molecule has 37 heavy (non-hydrogen) atoms. The number of nitrogens with one attached hydrogen (secondary N) is 1. The lowest BCUT2D eigenvalue weighted by molar-refractivity contribution is -0.116. The zero-order valence-electron chi connectivity index (χ0n) is 21.0. The van der Waals surface area contributed by atoms with Gasteiger partial charge in [-0.3, -0.25) is 4.79 Å². The van der Waals surface area contributed by atoms with E-state index in [0.717, 1.165) is 75.9 Å². The molecule has 4 aromatic carbocycles. The molecule has 1 N–H and O–H groups in total. The Morgan fingerprint density at radius 3 is 2.43 bits per heavy atom. The van der Waals surface area contributed by atoms with Crippen molar-refractivity contribution in [3.05, 3.63) is 113 Å². The van der Waals surface area contributed by atoms with Gasteiger partial charge in [-0.05, 0) is 76.6 Å². The van der Waals surface area contributed by atoms with Crippen LogP contribution >= 0.6 is 0 Å². The van der Waals surface area contributed by atoms with Crippen LogP contribution in [0.5, 0.6) is 5.75 Å². The van der Waals surface area contributed by atoms with Crippen molar-refractivity contribution in [2.45, 2.75) is 44.6 Å². The highest BCUT2D eigenvalue weighted by atomic mass is 19.1. The van der Waals surface area contributed by atoms with Gasteiger partial charge in [-0.25, -0.2) is 4.39 Å². The molecule has 2 atom stereocenters. The molecular formula is C33H30FNO2. The van der Waals surface area contributed by atoms with E-state index in [-0.39, 0.29) is 23.6 Å². The maximum Gasteiger partial charge on any atom is 0.162 e. The van der Waals surface area contributed by atoms with E-state index in [0.29, 0.717) is 6.42 Å². The predicted molar refractivity (Wildman–Crippen MR) is 147 cm³/mol. The molecule has 0 radical (unpaired) electrons. The van der Waals surface area contributed by atoms with Gasteiger partial charge in [0.15, 0.2) is 5.78 Å². The molecule has 0 spiro atoms. The number of rotatable bonds is 6. The first-order valence-corrected chi connectivity index (χ1v) is 13.2. The van der Waals surface area contributed by atoms with Crippen LogP contribution in [0.2, 0.25) is 0 Å². The Balaban J connectivity index is 1.43.